The highest BCUT2D eigenvalue weighted by Crippen LogP contribution is 2.05. The standard InChI is InChI=1S/C8H10N2O/c1-2-11-6-8-7(5-9)3-4-10-8/h3-4,10H,2,6H2,1H3. The third-order valence-corrected chi connectivity index (χ3v) is 1.40. The molecule has 0 aliphatic carbocycles. The van der Waals surface area contributed by atoms with E-state index < -0.39 is 0 Å². The number of nitrogens with zero attached hydrogens (tertiary/aromatic N) is 1. The van der Waals surface area contributed by atoms with Crippen molar-refractivity contribution in [3.05, 3.63) is 23.5 Å². The van der Waals surface area contributed by atoms with Crippen LogP contribution in [0, 0.1) is 11.3 Å². The van der Waals surface area contributed by atoms with E-state index in [2.05, 4.69) is 11.1 Å². The largest absolute Gasteiger partial charge is 0.375 e. The molecule has 58 valence electrons. The number of hydrogen-bond acceptors (Lipinski definition) is 2. The topological polar surface area (TPSA) is 48.8 Å². The smallest absolute Gasteiger partial charge is 0.101 e. The van der Waals surface area contributed by atoms with Gasteiger partial charge in [0.1, 0.15) is 6.07 Å². The highest BCUT2D eigenvalue weighted by atomic mass is 16.5. The molecule has 0 fully saturated rings. The third kappa shape index (κ3) is 1.82. The summed E-state index contributed by atoms with van der Waals surface area (Å²) in [7, 11) is 0. The first kappa shape index (κ1) is 7.83. The molecule has 1 aromatic rings. The average Bonchev–Trinajstić information content (AvgIpc) is 2.47. The Morgan fingerprint density at radius 2 is 2.55 bits per heavy atom. The van der Waals surface area contributed by atoms with Crippen LogP contribution in [0.2, 0.25) is 0 Å². The molecule has 0 aromatic carbocycles. The normalized spacial score (nSPS) is 9.45. The molecule has 0 saturated carbocycles. The third-order valence-electron chi connectivity index (χ3n) is 1.40. The summed E-state index contributed by atoms with van der Waals surface area (Å²) in [5.74, 6) is 0. The summed E-state index contributed by atoms with van der Waals surface area (Å²) in [4.78, 5) is 2.94. The molecule has 1 heterocycles. The molecule has 0 atom stereocenters. The summed E-state index contributed by atoms with van der Waals surface area (Å²) in [5, 5.41) is 8.58. The number of aromatic nitrogens is 1. The second-order valence-electron chi connectivity index (χ2n) is 2.12. The van der Waals surface area contributed by atoms with Gasteiger partial charge < -0.3 is 9.72 Å². The molecule has 11 heavy (non-hydrogen) atoms. The molecule has 1 N–H and O–H groups in total. The van der Waals surface area contributed by atoms with Crippen molar-refractivity contribution in [1.82, 2.24) is 4.98 Å². The van der Waals surface area contributed by atoms with Gasteiger partial charge in [0.2, 0.25) is 0 Å². The van der Waals surface area contributed by atoms with Crippen LogP contribution in [0.3, 0.4) is 0 Å². The van der Waals surface area contributed by atoms with E-state index in [1.807, 2.05) is 6.92 Å². The average molecular weight is 150 g/mol. The predicted molar refractivity (Wildman–Crippen MR) is 40.8 cm³/mol. The van der Waals surface area contributed by atoms with E-state index in [9.17, 15) is 0 Å². The Kier molecular flexibility index (Phi) is 2.70. The fourth-order valence-corrected chi connectivity index (χ4v) is 0.832. The van der Waals surface area contributed by atoms with Crippen molar-refractivity contribution in [2.45, 2.75) is 13.5 Å². The number of rotatable bonds is 3. The molecule has 0 aliphatic rings. The maximum Gasteiger partial charge on any atom is 0.101 e. The Hall–Kier alpha value is -1.27. The van der Waals surface area contributed by atoms with Crippen LogP contribution in [-0.4, -0.2) is 11.6 Å². The molecule has 0 spiro atoms. The van der Waals surface area contributed by atoms with Crippen molar-refractivity contribution in [2.24, 2.45) is 0 Å². The van der Waals surface area contributed by atoms with E-state index in [4.69, 9.17) is 10.00 Å². The van der Waals surface area contributed by atoms with E-state index in [1.54, 1.807) is 12.3 Å². The summed E-state index contributed by atoms with van der Waals surface area (Å²) in [6.45, 7) is 3.09. The van der Waals surface area contributed by atoms with E-state index >= 15 is 0 Å². The fraction of sp³-hybridized carbons (Fsp3) is 0.375. The molecule has 3 nitrogen and oxygen atoms in total. The van der Waals surface area contributed by atoms with Crippen LogP contribution in [0.25, 0.3) is 0 Å². The van der Waals surface area contributed by atoms with Gasteiger partial charge in [-0.25, -0.2) is 0 Å². The fourth-order valence-electron chi connectivity index (χ4n) is 0.832. The Morgan fingerprint density at radius 1 is 1.73 bits per heavy atom. The van der Waals surface area contributed by atoms with Crippen molar-refractivity contribution in [1.29, 1.82) is 5.26 Å². The molecular weight excluding hydrogens is 140 g/mol. The highest BCUT2D eigenvalue weighted by molar-refractivity contribution is 5.32. The number of hydrogen-bond donors (Lipinski definition) is 1. The zero-order valence-corrected chi connectivity index (χ0v) is 6.42. The highest BCUT2D eigenvalue weighted by Gasteiger charge is 2.00. The van der Waals surface area contributed by atoms with Crippen LogP contribution in [0.5, 0.6) is 0 Å². The zero-order chi connectivity index (χ0) is 8.10. The van der Waals surface area contributed by atoms with E-state index in [0.717, 1.165) is 5.69 Å². The van der Waals surface area contributed by atoms with Gasteiger partial charge in [0.15, 0.2) is 0 Å². The number of H-pyrrole nitrogens is 1. The second-order valence-corrected chi connectivity index (χ2v) is 2.12. The summed E-state index contributed by atoms with van der Waals surface area (Å²) < 4.78 is 5.14. The molecule has 0 aliphatic heterocycles. The van der Waals surface area contributed by atoms with E-state index in [1.165, 1.54) is 0 Å². The molecule has 1 aromatic heterocycles. The summed E-state index contributed by atoms with van der Waals surface area (Å²) in [6.07, 6.45) is 1.74. The molecule has 0 radical (unpaired) electrons. The molecular formula is C8H10N2O. The van der Waals surface area contributed by atoms with Gasteiger partial charge in [-0.15, -0.1) is 0 Å². The van der Waals surface area contributed by atoms with Crippen LogP contribution < -0.4 is 0 Å². The molecule has 0 bridgehead atoms. The minimum atomic E-state index is 0.492. The predicted octanol–water partition coefficient (Wildman–Crippen LogP) is 1.42. The van der Waals surface area contributed by atoms with Gasteiger partial charge in [-0.1, -0.05) is 0 Å². The Balaban J connectivity index is 2.63. The Bertz CT molecular complexity index is 259. The van der Waals surface area contributed by atoms with Crippen molar-refractivity contribution < 1.29 is 4.74 Å². The summed E-state index contributed by atoms with van der Waals surface area (Å²) >= 11 is 0. The first-order chi connectivity index (χ1) is 5.38. The Labute approximate surface area is 65.6 Å². The molecule has 0 unspecified atom stereocenters. The second kappa shape index (κ2) is 3.79. The van der Waals surface area contributed by atoms with Crippen LogP contribution in [-0.2, 0) is 11.3 Å². The van der Waals surface area contributed by atoms with Crippen LogP contribution in [0.15, 0.2) is 12.3 Å². The van der Waals surface area contributed by atoms with Gasteiger partial charge in [0.25, 0.3) is 0 Å². The van der Waals surface area contributed by atoms with Gasteiger partial charge in [-0.05, 0) is 13.0 Å². The SMILES string of the molecule is CCOCc1[nH]ccc1C#N. The molecule has 3 heteroatoms. The maximum absolute atomic E-state index is 8.58. The van der Waals surface area contributed by atoms with Crippen LogP contribution in [0.1, 0.15) is 18.2 Å². The van der Waals surface area contributed by atoms with Crippen LogP contribution in [0.4, 0.5) is 0 Å². The minimum Gasteiger partial charge on any atom is -0.375 e. The van der Waals surface area contributed by atoms with Gasteiger partial charge in [0.05, 0.1) is 17.9 Å². The molecule has 0 saturated heterocycles. The quantitative estimate of drug-likeness (QED) is 0.708. The monoisotopic (exact) mass is 150 g/mol. The lowest BCUT2D eigenvalue weighted by Crippen LogP contribution is -1.93. The van der Waals surface area contributed by atoms with Gasteiger partial charge in [0, 0.05) is 12.8 Å². The number of nitriles is 1. The first-order valence-electron chi connectivity index (χ1n) is 3.52. The van der Waals surface area contributed by atoms with Crippen LogP contribution >= 0.6 is 0 Å². The van der Waals surface area contributed by atoms with Gasteiger partial charge in [-0.2, -0.15) is 5.26 Å². The maximum atomic E-state index is 8.58. The number of nitrogens with one attached hydrogen (secondary N) is 1. The number of ether oxygens (including phenoxy) is 1. The minimum absolute atomic E-state index is 0.492. The van der Waals surface area contributed by atoms with Gasteiger partial charge in [-0.3, -0.25) is 0 Å². The lowest BCUT2D eigenvalue weighted by Gasteiger charge is -1.97. The van der Waals surface area contributed by atoms with E-state index in [-0.39, 0.29) is 0 Å². The van der Waals surface area contributed by atoms with Crippen molar-refractivity contribution in [2.75, 3.05) is 6.61 Å². The Morgan fingerprint density at radius 3 is 3.18 bits per heavy atom. The first-order valence-corrected chi connectivity index (χ1v) is 3.52. The molecule has 1 rings (SSSR count). The lowest BCUT2D eigenvalue weighted by molar-refractivity contribution is 0.131. The number of aromatic amines is 1. The van der Waals surface area contributed by atoms with Crippen molar-refractivity contribution in [3.8, 4) is 6.07 Å². The summed E-state index contributed by atoms with van der Waals surface area (Å²) in [5.41, 5.74) is 1.52. The van der Waals surface area contributed by atoms with Crippen molar-refractivity contribution >= 4 is 0 Å². The van der Waals surface area contributed by atoms with E-state index in [0.29, 0.717) is 18.8 Å². The zero-order valence-electron chi connectivity index (χ0n) is 6.42. The van der Waals surface area contributed by atoms with Crippen molar-refractivity contribution in [3.63, 3.8) is 0 Å². The molecule has 0 amide bonds. The summed E-state index contributed by atoms with van der Waals surface area (Å²) in [6, 6.07) is 3.82. The lowest BCUT2D eigenvalue weighted by atomic mass is 10.3. The van der Waals surface area contributed by atoms with Gasteiger partial charge >= 0.3 is 0 Å².